The third-order valence-electron chi connectivity index (χ3n) is 4.74. The molecular formula is C19H23N3O4. The Morgan fingerprint density at radius 1 is 1.19 bits per heavy atom. The fourth-order valence-electron chi connectivity index (χ4n) is 3.42. The molecule has 0 saturated heterocycles. The smallest absolute Gasteiger partial charge is 0.279 e. The molecule has 1 aliphatic rings. The van der Waals surface area contributed by atoms with E-state index in [4.69, 9.17) is 4.74 Å². The predicted molar refractivity (Wildman–Crippen MR) is 98.1 cm³/mol. The van der Waals surface area contributed by atoms with Gasteiger partial charge in [0, 0.05) is 18.3 Å². The number of rotatable bonds is 5. The van der Waals surface area contributed by atoms with Crippen molar-refractivity contribution in [1.82, 2.24) is 10.3 Å². The number of hydrogen-bond donors (Lipinski definition) is 1. The molecule has 3 rings (SSSR count). The number of amides is 1. The zero-order valence-corrected chi connectivity index (χ0v) is 14.6. The van der Waals surface area contributed by atoms with Crippen LogP contribution < -0.4 is 10.1 Å². The molecule has 0 spiro atoms. The van der Waals surface area contributed by atoms with E-state index >= 15 is 0 Å². The predicted octanol–water partition coefficient (Wildman–Crippen LogP) is 3.75. The van der Waals surface area contributed by atoms with Crippen molar-refractivity contribution in [3.63, 3.8) is 0 Å². The van der Waals surface area contributed by atoms with Crippen molar-refractivity contribution >= 4 is 22.5 Å². The second-order valence-electron chi connectivity index (χ2n) is 6.64. The molecule has 7 nitrogen and oxygen atoms in total. The fourth-order valence-corrected chi connectivity index (χ4v) is 3.42. The molecule has 0 radical (unpaired) electrons. The van der Waals surface area contributed by atoms with Crippen molar-refractivity contribution < 1.29 is 14.5 Å². The summed E-state index contributed by atoms with van der Waals surface area (Å²) in [6.07, 6.45) is 9.58. The molecule has 1 N–H and O–H groups in total. The molecule has 1 aromatic carbocycles. The number of nitro groups is 1. The molecule has 1 aliphatic carbocycles. The lowest BCUT2D eigenvalue weighted by atomic mass is 9.97. The lowest BCUT2D eigenvalue weighted by Crippen LogP contribution is -2.38. The average molecular weight is 357 g/mol. The highest BCUT2D eigenvalue weighted by molar-refractivity contribution is 5.92. The number of carbonyl (C=O) groups excluding carboxylic acids is 1. The summed E-state index contributed by atoms with van der Waals surface area (Å²) < 4.78 is 5.62. The number of pyridine rings is 1. The molecule has 0 unspecified atom stereocenters. The highest BCUT2D eigenvalue weighted by Crippen LogP contribution is 2.31. The molecule has 1 saturated carbocycles. The maximum Gasteiger partial charge on any atom is 0.279 e. The van der Waals surface area contributed by atoms with E-state index in [1.165, 1.54) is 31.4 Å². The molecule has 138 valence electrons. The Balaban J connectivity index is 1.65. The Hall–Kier alpha value is -2.70. The van der Waals surface area contributed by atoms with Crippen LogP contribution in [0.5, 0.6) is 5.75 Å². The molecule has 0 bridgehead atoms. The first-order chi connectivity index (χ1) is 12.6. The number of nitrogens with zero attached hydrogens (tertiary/aromatic N) is 2. The maximum absolute atomic E-state index is 12.2. The molecular weight excluding hydrogens is 334 g/mol. The molecule has 0 aliphatic heterocycles. The van der Waals surface area contributed by atoms with Crippen molar-refractivity contribution in [1.29, 1.82) is 0 Å². The zero-order valence-electron chi connectivity index (χ0n) is 14.6. The number of fused-ring (bicyclic) bond motifs is 1. The molecule has 1 amide bonds. The summed E-state index contributed by atoms with van der Waals surface area (Å²) in [6, 6.07) is 6.35. The van der Waals surface area contributed by atoms with Crippen LogP contribution in [0.1, 0.15) is 44.9 Å². The van der Waals surface area contributed by atoms with Gasteiger partial charge in [0.15, 0.2) is 6.61 Å². The number of hydrogen-bond acceptors (Lipinski definition) is 5. The topological polar surface area (TPSA) is 94.4 Å². The summed E-state index contributed by atoms with van der Waals surface area (Å²) in [6.45, 7) is -0.125. The van der Waals surface area contributed by atoms with Gasteiger partial charge in [-0.25, -0.2) is 0 Å². The zero-order chi connectivity index (χ0) is 18.4. The van der Waals surface area contributed by atoms with Crippen LogP contribution in [0.4, 0.5) is 5.69 Å². The van der Waals surface area contributed by atoms with Crippen molar-refractivity contribution in [2.75, 3.05) is 6.61 Å². The number of nitrogens with one attached hydrogen (secondary N) is 1. The minimum Gasteiger partial charge on any atom is -0.481 e. The lowest BCUT2D eigenvalue weighted by Gasteiger charge is -2.21. The quantitative estimate of drug-likeness (QED) is 0.649. The Morgan fingerprint density at radius 3 is 2.65 bits per heavy atom. The van der Waals surface area contributed by atoms with Crippen LogP contribution in [-0.4, -0.2) is 28.5 Å². The van der Waals surface area contributed by atoms with Crippen LogP contribution in [-0.2, 0) is 4.79 Å². The second-order valence-corrected chi connectivity index (χ2v) is 6.64. The largest absolute Gasteiger partial charge is 0.481 e. The van der Waals surface area contributed by atoms with Gasteiger partial charge in [-0.1, -0.05) is 32.1 Å². The van der Waals surface area contributed by atoms with Crippen molar-refractivity contribution in [2.45, 2.75) is 51.0 Å². The van der Waals surface area contributed by atoms with Gasteiger partial charge in [0.05, 0.1) is 10.3 Å². The van der Waals surface area contributed by atoms with E-state index in [9.17, 15) is 14.9 Å². The summed E-state index contributed by atoms with van der Waals surface area (Å²) in [7, 11) is 0. The van der Waals surface area contributed by atoms with Crippen molar-refractivity contribution in [2.24, 2.45) is 0 Å². The van der Waals surface area contributed by atoms with E-state index < -0.39 is 4.92 Å². The van der Waals surface area contributed by atoms with Crippen LogP contribution in [0.15, 0.2) is 30.5 Å². The van der Waals surface area contributed by atoms with Crippen LogP contribution in [0.3, 0.4) is 0 Å². The molecule has 1 aromatic heterocycles. The van der Waals surface area contributed by atoms with Gasteiger partial charge >= 0.3 is 0 Å². The van der Waals surface area contributed by atoms with Gasteiger partial charge in [-0.3, -0.25) is 19.9 Å². The van der Waals surface area contributed by atoms with Gasteiger partial charge in [0.25, 0.3) is 11.6 Å². The SMILES string of the molecule is O=C(COc1ccc([N+](=O)[O-])c2cccnc12)NC1CCCCCCC1. The number of ether oxygens (including phenoxy) is 1. The van der Waals surface area contributed by atoms with E-state index in [-0.39, 0.29) is 24.2 Å². The summed E-state index contributed by atoms with van der Waals surface area (Å²) in [5.41, 5.74) is 0.361. The molecule has 2 aromatic rings. The van der Waals surface area contributed by atoms with Crippen LogP contribution in [0.2, 0.25) is 0 Å². The minimum atomic E-state index is -0.449. The van der Waals surface area contributed by atoms with Crippen molar-refractivity contribution in [3.8, 4) is 5.75 Å². The number of benzene rings is 1. The van der Waals surface area contributed by atoms with Gasteiger partial charge in [0.2, 0.25) is 0 Å². The average Bonchev–Trinajstić information content (AvgIpc) is 2.61. The van der Waals surface area contributed by atoms with E-state index in [2.05, 4.69) is 10.3 Å². The summed E-state index contributed by atoms with van der Waals surface area (Å²) in [5, 5.41) is 14.6. The van der Waals surface area contributed by atoms with E-state index in [0.29, 0.717) is 16.7 Å². The van der Waals surface area contributed by atoms with Crippen LogP contribution in [0, 0.1) is 10.1 Å². The normalized spacial score (nSPS) is 15.8. The number of non-ortho nitro benzene ring substituents is 1. The van der Waals surface area contributed by atoms with Gasteiger partial charge in [0.1, 0.15) is 11.3 Å². The summed E-state index contributed by atoms with van der Waals surface area (Å²) in [5.74, 6) is 0.206. The van der Waals surface area contributed by atoms with Crippen molar-refractivity contribution in [3.05, 3.63) is 40.6 Å². The first kappa shape index (κ1) is 18.1. The number of carbonyl (C=O) groups is 1. The summed E-state index contributed by atoms with van der Waals surface area (Å²) in [4.78, 5) is 27.1. The van der Waals surface area contributed by atoms with Gasteiger partial charge < -0.3 is 10.1 Å². The molecule has 1 fully saturated rings. The Morgan fingerprint density at radius 2 is 1.92 bits per heavy atom. The Bertz CT molecular complexity index is 785. The Kier molecular flexibility index (Phi) is 5.99. The van der Waals surface area contributed by atoms with Gasteiger partial charge in [-0.15, -0.1) is 0 Å². The first-order valence-corrected chi connectivity index (χ1v) is 9.09. The van der Waals surface area contributed by atoms with Gasteiger partial charge in [-0.05, 0) is 31.0 Å². The monoisotopic (exact) mass is 357 g/mol. The minimum absolute atomic E-state index is 0.0283. The fraction of sp³-hybridized carbons (Fsp3) is 0.474. The lowest BCUT2D eigenvalue weighted by molar-refractivity contribution is -0.383. The first-order valence-electron chi connectivity index (χ1n) is 9.09. The third-order valence-corrected chi connectivity index (χ3v) is 4.74. The molecule has 1 heterocycles. The number of aromatic nitrogens is 1. The van der Waals surface area contributed by atoms with Gasteiger partial charge in [-0.2, -0.15) is 0 Å². The highest BCUT2D eigenvalue weighted by Gasteiger charge is 2.18. The standard InChI is InChI=1S/C19H23N3O4/c23-18(21-14-7-4-2-1-3-5-8-14)13-26-17-11-10-16(22(24)25)15-9-6-12-20-19(15)17/h6,9-12,14H,1-5,7-8,13H2,(H,21,23). The molecule has 0 atom stereocenters. The third kappa shape index (κ3) is 4.47. The van der Waals surface area contributed by atoms with E-state index in [0.717, 1.165) is 25.7 Å². The van der Waals surface area contributed by atoms with Crippen LogP contribution in [0.25, 0.3) is 10.9 Å². The number of nitro benzene ring substituents is 1. The van der Waals surface area contributed by atoms with E-state index in [1.54, 1.807) is 18.3 Å². The van der Waals surface area contributed by atoms with Crippen LogP contribution >= 0.6 is 0 Å². The van der Waals surface area contributed by atoms with E-state index in [1.807, 2.05) is 0 Å². The highest BCUT2D eigenvalue weighted by atomic mass is 16.6. The Labute approximate surface area is 151 Å². The second kappa shape index (κ2) is 8.60. The maximum atomic E-state index is 12.2. The molecule has 7 heteroatoms. The summed E-state index contributed by atoms with van der Waals surface area (Å²) >= 11 is 0. The molecule has 26 heavy (non-hydrogen) atoms.